The molecule has 0 spiro atoms. The van der Waals surface area contributed by atoms with Gasteiger partial charge in [-0.2, -0.15) is 15.0 Å². The quantitative estimate of drug-likeness (QED) is 0.107. The average Bonchev–Trinajstić information content (AvgIpc) is 3.09. The van der Waals surface area contributed by atoms with E-state index in [-0.39, 0.29) is 5.91 Å². The number of rotatable bonds is 20. The highest BCUT2D eigenvalue weighted by molar-refractivity contribution is 5.94. The number of nitrogens with zero attached hydrogens (tertiary/aromatic N) is 3. The summed E-state index contributed by atoms with van der Waals surface area (Å²) in [6, 6.07) is 24.9. The van der Waals surface area contributed by atoms with Gasteiger partial charge in [0, 0.05) is 31.7 Å². The van der Waals surface area contributed by atoms with Crippen LogP contribution in [0.1, 0.15) is 21.5 Å². The lowest BCUT2D eigenvalue weighted by Gasteiger charge is -2.12. The average molecular weight is 616 g/mol. The maximum absolute atomic E-state index is 12.0. The summed E-state index contributed by atoms with van der Waals surface area (Å²) in [7, 11) is 3.30. The van der Waals surface area contributed by atoms with Crippen LogP contribution in [0.15, 0.2) is 78.9 Å². The Morgan fingerprint density at radius 2 is 1.13 bits per heavy atom. The van der Waals surface area contributed by atoms with E-state index in [9.17, 15) is 4.79 Å². The van der Waals surface area contributed by atoms with Crippen LogP contribution < -0.4 is 30.7 Å². The second-order valence-electron chi connectivity index (χ2n) is 9.81. The van der Waals surface area contributed by atoms with Crippen LogP contribution in [-0.2, 0) is 22.4 Å². The van der Waals surface area contributed by atoms with Crippen LogP contribution in [0.25, 0.3) is 0 Å². The lowest BCUT2D eigenvalue weighted by atomic mass is 10.1. The van der Waals surface area contributed by atoms with E-state index in [0.717, 1.165) is 23.5 Å². The van der Waals surface area contributed by atoms with E-state index in [2.05, 4.69) is 36.2 Å². The van der Waals surface area contributed by atoms with Crippen LogP contribution in [0.4, 0.5) is 17.8 Å². The highest BCUT2D eigenvalue weighted by atomic mass is 16.5. The Morgan fingerprint density at radius 3 is 1.73 bits per heavy atom. The second kappa shape index (κ2) is 18.7. The Kier molecular flexibility index (Phi) is 13.7. The van der Waals surface area contributed by atoms with E-state index in [0.29, 0.717) is 76.0 Å². The first kappa shape index (κ1) is 33.0. The molecule has 4 rings (SSSR count). The van der Waals surface area contributed by atoms with E-state index in [1.165, 1.54) is 5.56 Å². The highest BCUT2D eigenvalue weighted by Crippen LogP contribution is 2.15. The Bertz CT molecular complexity index is 1420. The van der Waals surface area contributed by atoms with Crippen molar-refractivity contribution in [1.29, 1.82) is 0 Å². The molecule has 3 aromatic carbocycles. The van der Waals surface area contributed by atoms with Crippen molar-refractivity contribution in [3.63, 3.8) is 0 Å². The van der Waals surface area contributed by atoms with Crippen molar-refractivity contribution >= 4 is 23.8 Å². The molecule has 12 heteroatoms. The molecule has 0 aliphatic carbocycles. The van der Waals surface area contributed by atoms with Crippen molar-refractivity contribution < 1.29 is 23.7 Å². The van der Waals surface area contributed by atoms with Gasteiger partial charge >= 0.3 is 0 Å². The van der Waals surface area contributed by atoms with Crippen LogP contribution in [0.3, 0.4) is 0 Å². The molecule has 0 bridgehead atoms. The molecule has 0 unspecified atom stereocenters. The maximum atomic E-state index is 12.0. The zero-order chi connectivity index (χ0) is 31.5. The van der Waals surface area contributed by atoms with Crippen molar-refractivity contribution in [2.24, 2.45) is 0 Å². The minimum Gasteiger partial charge on any atom is -0.497 e. The summed E-state index contributed by atoms with van der Waals surface area (Å²) >= 11 is 0. The van der Waals surface area contributed by atoms with E-state index in [1.54, 1.807) is 26.4 Å². The van der Waals surface area contributed by atoms with Crippen LogP contribution in [-0.4, -0.2) is 81.1 Å². The number of methoxy groups -OCH3 is 2. The molecule has 1 heterocycles. The van der Waals surface area contributed by atoms with Gasteiger partial charge in [-0.1, -0.05) is 42.5 Å². The summed E-state index contributed by atoms with van der Waals surface area (Å²) in [6.45, 7) is 3.82. The van der Waals surface area contributed by atoms with Gasteiger partial charge in [0.15, 0.2) is 0 Å². The van der Waals surface area contributed by atoms with Gasteiger partial charge in [0.25, 0.3) is 5.91 Å². The van der Waals surface area contributed by atoms with E-state index < -0.39 is 0 Å². The third kappa shape index (κ3) is 11.9. The number of benzene rings is 3. The zero-order valence-electron chi connectivity index (χ0n) is 25.8. The number of hydrogen-bond acceptors (Lipinski definition) is 11. The lowest BCUT2D eigenvalue weighted by Crippen LogP contribution is -2.27. The van der Waals surface area contributed by atoms with Gasteiger partial charge in [0.2, 0.25) is 17.8 Å². The standard InChI is InChI=1S/C33H41N7O5/c1-42-28-12-8-25(9-13-28)16-17-35-31-38-32(40-33(39-31)37-24-26-10-14-29(43-2)15-11-26)36-19-21-45-23-22-44-20-18-34-30(41)27-6-4-3-5-7-27/h3-15H,16-24H2,1-2H3,(H,34,41)(H3,35,36,37,38,39,40). The van der Waals surface area contributed by atoms with Gasteiger partial charge in [-0.15, -0.1) is 0 Å². The molecule has 1 amide bonds. The highest BCUT2D eigenvalue weighted by Gasteiger charge is 2.08. The largest absolute Gasteiger partial charge is 0.497 e. The molecule has 0 aliphatic heterocycles. The number of nitrogens with one attached hydrogen (secondary N) is 4. The van der Waals surface area contributed by atoms with Crippen LogP contribution in [0.2, 0.25) is 0 Å². The first-order chi connectivity index (χ1) is 22.1. The number of carbonyl (C=O) groups is 1. The number of carbonyl (C=O) groups excluding carboxylic acids is 1. The molecular weight excluding hydrogens is 574 g/mol. The van der Waals surface area contributed by atoms with Crippen molar-refractivity contribution in [2.75, 3.05) is 76.2 Å². The van der Waals surface area contributed by atoms with Crippen molar-refractivity contribution in [1.82, 2.24) is 20.3 Å². The third-order valence-corrected chi connectivity index (χ3v) is 6.57. The van der Waals surface area contributed by atoms with Gasteiger partial charge in [-0.25, -0.2) is 0 Å². The van der Waals surface area contributed by atoms with Crippen LogP contribution in [0, 0.1) is 0 Å². The fourth-order valence-electron chi connectivity index (χ4n) is 4.13. The number of aromatic nitrogens is 3. The fraction of sp³-hybridized carbons (Fsp3) is 0.333. The van der Waals surface area contributed by atoms with Gasteiger partial charge in [-0.05, 0) is 53.9 Å². The molecule has 0 saturated carbocycles. The molecular formula is C33H41N7O5. The minimum absolute atomic E-state index is 0.116. The molecule has 0 aliphatic rings. The Labute approximate surface area is 263 Å². The number of hydrogen-bond donors (Lipinski definition) is 4. The number of ether oxygens (including phenoxy) is 4. The Hall–Kier alpha value is -4.94. The molecule has 4 N–H and O–H groups in total. The topological polar surface area (TPSA) is 141 Å². The molecule has 4 aromatic rings. The molecule has 238 valence electrons. The SMILES string of the molecule is COc1ccc(CCNc2nc(NCCOCCOCCNC(=O)c3ccccc3)nc(NCc3ccc(OC)cc3)n2)cc1. The molecule has 45 heavy (non-hydrogen) atoms. The Morgan fingerprint density at radius 1 is 0.600 bits per heavy atom. The van der Waals surface area contributed by atoms with E-state index >= 15 is 0 Å². The van der Waals surface area contributed by atoms with Gasteiger partial charge in [0.05, 0.1) is 40.6 Å². The van der Waals surface area contributed by atoms with E-state index in [4.69, 9.17) is 18.9 Å². The summed E-state index contributed by atoms with van der Waals surface area (Å²) in [6.07, 6.45) is 0.794. The van der Waals surface area contributed by atoms with Crippen LogP contribution in [0.5, 0.6) is 11.5 Å². The van der Waals surface area contributed by atoms with Crippen LogP contribution >= 0.6 is 0 Å². The van der Waals surface area contributed by atoms with Gasteiger partial charge < -0.3 is 40.2 Å². The fourth-order valence-corrected chi connectivity index (χ4v) is 4.13. The van der Waals surface area contributed by atoms with E-state index in [1.807, 2.05) is 66.7 Å². The molecule has 0 saturated heterocycles. The summed E-state index contributed by atoms with van der Waals surface area (Å²) in [5.41, 5.74) is 2.86. The molecule has 12 nitrogen and oxygen atoms in total. The molecule has 1 aromatic heterocycles. The smallest absolute Gasteiger partial charge is 0.251 e. The maximum Gasteiger partial charge on any atom is 0.251 e. The van der Waals surface area contributed by atoms with Crippen molar-refractivity contribution in [3.05, 3.63) is 95.6 Å². The molecule has 0 atom stereocenters. The zero-order valence-corrected chi connectivity index (χ0v) is 25.8. The second-order valence-corrected chi connectivity index (χ2v) is 9.81. The van der Waals surface area contributed by atoms with Crippen molar-refractivity contribution in [3.8, 4) is 11.5 Å². The minimum atomic E-state index is -0.116. The third-order valence-electron chi connectivity index (χ3n) is 6.57. The summed E-state index contributed by atoms with van der Waals surface area (Å²) in [5.74, 6) is 2.86. The predicted octanol–water partition coefficient (Wildman–Crippen LogP) is 4.03. The van der Waals surface area contributed by atoms with Gasteiger partial charge in [-0.3, -0.25) is 4.79 Å². The predicted molar refractivity (Wildman–Crippen MR) is 174 cm³/mol. The summed E-state index contributed by atoms with van der Waals surface area (Å²) in [5, 5.41) is 12.6. The molecule has 0 radical (unpaired) electrons. The molecule has 0 fully saturated rings. The monoisotopic (exact) mass is 615 g/mol. The first-order valence-corrected chi connectivity index (χ1v) is 14.8. The van der Waals surface area contributed by atoms with Crippen molar-refractivity contribution in [2.45, 2.75) is 13.0 Å². The summed E-state index contributed by atoms with van der Waals surface area (Å²) in [4.78, 5) is 25.7. The first-order valence-electron chi connectivity index (χ1n) is 14.8. The summed E-state index contributed by atoms with van der Waals surface area (Å²) < 4.78 is 21.7. The lowest BCUT2D eigenvalue weighted by molar-refractivity contribution is 0.0519. The Balaban J connectivity index is 1.19. The normalized spacial score (nSPS) is 10.6. The van der Waals surface area contributed by atoms with Gasteiger partial charge in [0.1, 0.15) is 11.5 Å². The number of amides is 1. The number of anilines is 3.